The van der Waals surface area contributed by atoms with Crippen molar-refractivity contribution in [2.24, 2.45) is 0 Å². The lowest BCUT2D eigenvalue weighted by Crippen LogP contribution is -2.49. The third-order valence-corrected chi connectivity index (χ3v) is 8.92. The summed E-state index contributed by atoms with van der Waals surface area (Å²) in [4.78, 5) is 28.4. The molecule has 1 saturated heterocycles. The third-order valence-electron chi connectivity index (χ3n) is 8.69. The van der Waals surface area contributed by atoms with Crippen molar-refractivity contribution in [3.05, 3.63) is 88.2 Å². The van der Waals surface area contributed by atoms with E-state index < -0.39 is 11.9 Å². The van der Waals surface area contributed by atoms with Crippen molar-refractivity contribution in [2.75, 3.05) is 56.6 Å². The van der Waals surface area contributed by atoms with E-state index in [0.29, 0.717) is 34.7 Å². The number of hydrogen-bond acceptors (Lipinski definition) is 8. The van der Waals surface area contributed by atoms with Crippen LogP contribution in [0.2, 0.25) is 5.02 Å². The summed E-state index contributed by atoms with van der Waals surface area (Å²) >= 11 is 6.12. The number of amides is 1. The molecule has 0 unspecified atom stereocenters. The van der Waals surface area contributed by atoms with Crippen LogP contribution in [0.1, 0.15) is 30.5 Å². The third kappa shape index (κ3) is 8.57. The molecule has 0 aliphatic carbocycles. The predicted octanol–water partition coefficient (Wildman–Crippen LogP) is 7.64. The normalized spacial score (nSPS) is 13.9. The molecular formula is C36H42ClFN6O3. The number of carbonyl (C=O) groups excluding carboxylic acids is 1. The molecule has 1 aromatic heterocycles. The van der Waals surface area contributed by atoms with Gasteiger partial charge in [-0.1, -0.05) is 29.8 Å². The van der Waals surface area contributed by atoms with Gasteiger partial charge in [0.05, 0.1) is 5.69 Å². The molecule has 1 aliphatic rings. The zero-order valence-corrected chi connectivity index (χ0v) is 28.6. The lowest BCUT2D eigenvalue weighted by atomic mass is 9.97. The summed E-state index contributed by atoms with van der Waals surface area (Å²) < 4.78 is 26.7. The van der Waals surface area contributed by atoms with Gasteiger partial charge >= 0.3 is 6.09 Å². The molecule has 47 heavy (non-hydrogen) atoms. The summed E-state index contributed by atoms with van der Waals surface area (Å²) in [5, 5.41) is 3.57. The number of ether oxygens (including phenoxy) is 2. The van der Waals surface area contributed by atoms with E-state index in [1.165, 1.54) is 11.0 Å². The van der Waals surface area contributed by atoms with Crippen LogP contribution in [0.15, 0.2) is 60.7 Å². The Morgan fingerprint density at radius 1 is 1.00 bits per heavy atom. The van der Waals surface area contributed by atoms with E-state index in [4.69, 9.17) is 26.1 Å². The van der Waals surface area contributed by atoms with E-state index >= 15 is 4.39 Å². The van der Waals surface area contributed by atoms with Crippen molar-refractivity contribution in [1.29, 1.82) is 0 Å². The zero-order valence-electron chi connectivity index (χ0n) is 27.8. The average molecular weight is 661 g/mol. The molecule has 248 valence electrons. The number of anilines is 3. The number of halogens is 2. The van der Waals surface area contributed by atoms with Gasteiger partial charge in [0.1, 0.15) is 6.61 Å². The number of nitrogens with one attached hydrogen (secondary N) is 1. The van der Waals surface area contributed by atoms with E-state index in [-0.39, 0.29) is 17.6 Å². The quantitative estimate of drug-likeness (QED) is 0.186. The van der Waals surface area contributed by atoms with Gasteiger partial charge in [0, 0.05) is 79.9 Å². The van der Waals surface area contributed by atoms with Crippen molar-refractivity contribution >= 4 is 35.0 Å². The summed E-state index contributed by atoms with van der Waals surface area (Å²) in [5.74, 6) is -0.156. The topological polar surface area (TPSA) is 83.1 Å². The Morgan fingerprint density at radius 3 is 2.47 bits per heavy atom. The fourth-order valence-electron chi connectivity index (χ4n) is 5.47. The van der Waals surface area contributed by atoms with Crippen molar-refractivity contribution in [1.82, 2.24) is 19.8 Å². The average Bonchev–Trinajstić information content (AvgIpc) is 3.04. The Kier molecular flexibility index (Phi) is 11.0. The highest BCUT2D eigenvalue weighted by Gasteiger charge is 2.20. The van der Waals surface area contributed by atoms with Gasteiger partial charge in [0.25, 0.3) is 0 Å². The maximum Gasteiger partial charge on any atom is 0.420 e. The van der Waals surface area contributed by atoms with E-state index in [2.05, 4.69) is 40.9 Å². The lowest BCUT2D eigenvalue weighted by Gasteiger charge is -2.36. The van der Waals surface area contributed by atoms with Gasteiger partial charge < -0.3 is 14.8 Å². The molecule has 1 amide bonds. The smallest absolute Gasteiger partial charge is 0.420 e. The maximum absolute atomic E-state index is 15.2. The SMILES string of the molecule is Cc1ccc(-c2cc(OC(=O)N(C)c3cccc(Cl)c3)nc(Nc3ccc(OCCN4CCN(C(C)C)CC4)c(F)c3)n2)c(C)c1C. The Morgan fingerprint density at radius 2 is 1.77 bits per heavy atom. The van der Waals surface area contributed by atoms with Crippen LogP contribution >= 0.6 is 11.6 Å². The van der Waals surface area contributed by atoms with E-state index in [0.717, 1.165) is 55.0 Å². The van der Waals surface area contributed by atoms with Crippen molar-refractivity contribution in [2.45, 2.75) is 40.7 Å². The van der Waals surface area contributed by atoms with Crippen LogP contribution in [-0.4, -0.2) is 78.3 Å². The molecule has 0 bridgehead atoms. The summed E-state index contributed by atoms with van der Waals surface area (Å²) in [5.41, 5.74) is 5.71. The van der Waals surface area contributed by atoms with Crippen LogP contribution in [0, 0.1) is 26.6 Å². The molecule has 2 heterocycles. The summed E-state index contributed by atoms with van der Waals surface area (Å²) in [7, 11) is 1.59. The largest absolute Gasteiger partial charge is 0.489 e. The first kappa shape index (κ1) is 34.1. The molecule has 11 heteroatoms. The van der Waals surface area contributed by atoms with Crippen LogP contribution in [0.3, 0.4) is 0 Å². The number of benzene rings is 3. The second-order valence-electron chi connectivity index (χ2n) is 12.1. The number of aromatic nitrogens is 2. The Labute approximate surface area is 281 Å². The molecule has 3 aromatic carbocycles. The minimum Gasteiger partial charge on any atom is -0.489 e. The van der Waals surface area contributed by atoms with E-state index in [1.54, 1.807) is 49.5 Å². The standard InChI is InChI=1S/C36H42ClFN6O3/c1-23(2)44-16-14-43(15-17-44)18-19-46-33-13-11-28(21-31(33)38)39-35-40-32(30-12-10-24(3)25(4)26(30)5)22-34(41-35)47-36(45)42(6)29-9-7-8-27(37)20-29/h7-13,20-23H,14-19H2,1-6H3,(H,39,40,41). The van der Waals surface area contributed by atoms with Crippen LogP contribution < -0.4 is 19.7 Å². The van der Waals surface area contributed by atoms with Gasteiger partial charge in [0.15, 0.2) is 11.6 Å². The Hall–Kier alpha value is -4.25. The van der Waals surface area contributed by atoms with Crippen molar-refractivity contribution < 1.29 is 18.7 Å². The molecule has 9 nitrogen and oxygen atoms in total. The van der Waals surface area contributed by atoms with Gasteiger partial charge in [-0.2, -0.15) is 4.98 Å². The van der Waals surface area contributed by atoms with Gasteiger partial charge in [-0.3, -0.25) is 14.7 Å². The zero-order chi connectivity index (χ0) is 33.7. The van der Waals surface area contributed by atoms with Crippen LogP contribution in [0.25, 0.3) is 11.3 Å². The maximum atomic E-state index is 15.2. The monoisotopic (exact) mass is 660 g/mol. The molecule has 1 aliphatic heterocycles. The summed E-state index contributed by atoms with van der Waals surface area (Å²) in [6.45, 7) is 15.7. The van der Waals surface area contributed by atoms with Gasteiger partial charge in [-0.05, 0) is 81.6 Å². The molecule has 0 atom stereocenters. The molecule has 1 fully saturated rings. The first-order valence-electron chi connectivity index (χ1n) is 15.8. The number of carbonyl (C=O) groups is 1. The highest BCUT2D eigenvalue weighted by molar-refractivity contribution is 6.30. The van der Waals surface area contributed by atoms with Crippen LogP contribution in [0.4, 0.5) is 26.5 Å². The molecule has 4 aromatic rings. The van der Waals surface area contributed by atoms with Crippen molar-refractivity contribution in [3.63, 3.8) is 0 Å². The second kappa shape index (κ2) is 15.1. The summed E-state index contributed by atoms with van der Waals surface area (Å²) in [6.07, 6.45) is -0.658. The predicted molar refractivity (Wildman–Crippen MR) is 186 cm³/mol. The molecule has 0 spiro atoms. The first-order chi connectivity index (χ1) is 22.5. The molecule has 5 rings (SSSR count). The number of rotatable bonds is 10. The minimum absolute atomic E-state index is 0.0312. The van der Waals surface area contributed by atoms with Crippen molar-refractivity contribution in [3.8, 4) is 22.9 Å². The molecule has 0 radical (unpaired) electrons. The second-order valence-corrected chi connectivity index (χ2v) is 12.5. The number of nitrogens with zero attached hydrogens (tertiary/aromatic N) is 5. The molecular weight excluding hydrogens is 619 g/mol. The molecule has 0 saturated carbocycles. The lowest BCUT2D eigenvalue weighted by molar-refractivity contribution is 0.0965. The van der Waals surface area contributed by atoms with E-state index in [1.807, 2.05) is 26.0 Å². The minimum atomic E-state index is -0.658. The van der Waals surface area contributed by atoms with Gasteiger partial charge in [0.2, 0.25) is 11.8 Å². The number of piperazine rings is 1. The Balaban J connectivity index is 1.32. The number of hydrogen-bond donors (Lipinski definition) is 1. The van der Waals surface area contributed by atoms with Crippen LogP contribution in [-0.2, 0) is 0 Å². The highest BCUT2D eigenvalue weighted by Crippen LogP contribution is 2.31. The highest BCUT2D eigenvalue weighted by atomic mass is 35.5. The van der Waals surface area contributed by atoms with E-state index in [9.17, 15) is 4.79 Å². The first-order valence-corrected chi connectivity index (χ1v) is 16.2. The molecule has 1 N–H and O–H groups in total. The van der Waals surface area contributed by atoms with Gasteiger partial charge in [-0.15, -0.1) is 0 Å². The summed E-state index contributed by atoms with van der Waals surface area (Å²) in [6, 6.07) is 17.7. The van der Waals surface area contributed by atoms with Gasteiger partial charge in [-0.25, -0.2) is 14.2 Å². The van der Waals surface area contributed by atoms with Crippen LogP contribution in [0.5, 0.6) is 11.6 Å². The fourth-order valence-corrected chi connectivity index (χ4v) is 5.65. The fraction of sp³-hybridized carbons (Fsp3) is 0.361. The Bertz CT molecular complexity index is 1730. The number of aryl methyl sites for hydroxylation is 1.